The van der Waals surface area contributed by atoms with Crippen LogP contribution < -0.4 is 0 Å². The average molecular weight is 246 g/mol. The molecular formula is C12H17F3N2. The molecule has 1 heterocycles. The van der Waals surface area contributed by atoms with E-state index in [4.69, 9.17) is 0 Å². The van der Waals surface area contributed by atoms with Gasteiger partial charge in [-0.25, -0.2) is 0 Å². The van der Waals surface area contributed by atoms with E-state index in [0.717, 1.165) is 31.4 Å². The molecule has 1 aromatic heterocycles. The molecule has 1 saturated carbocycles. The van der Waals surface area contributed by atoms with E-state index in [0.29, 0.717) is 6.54 Å². The van der Waals surface area contributed by atoms with Crippen molar-refractivity contribution >= 4 is 0 Å². The van der Waals surface area contributed by atoms with Gasteiger partial charge in [0.2, 0.25) is 0 Å². The molecule has 0 radical (unpaired) electrons. The van der Waals surface area contributed by atoms with Gasteiger partial charge in [-0.05, 0) is 25.8 Å². The lowest BCUT2D eigenvalue weighted by atomic mass is 9.87. The Morgan fingerprint density at radius 1 is 1.29 bits per heavy atom. The topological polar surface area (TPSA) is 17.8 Å². The zero-order valence-corrected chi connectivity index (χ0v) is 9.93. The quantitative estimate of drug-likeness (QED) is 0.772. The molecule has 0 spiro atoms. The van der Waals surface area contributed by atoms with Crippen molar-refractivity contribution in [2.45, 2.75) is 57.7 Å². The highest BCUT2D eigenvalue weighted by Gasteiger charge is 2.35. The lowest BCUT2D eigenvalue weighted by molar-refractivity contribution is -0.141. The number of rotatable bonds is 2. The zero-order valence-electron chi connectivity index (χ0n) is 9.93. The molecule has 0 atom stereocenters. The van der Waals surface area contributed by atoms with Crippen LogP contribution in [0.5, 0.6) is 0 Å². The molecule has 0 aliphatic heterocycles. The van der Waals surface area contributed by atoms with Crippen LogP contribution in [-0.4, -0.2) is 9.78 Å². The van der Waals surface area contributed by atoms with E-state index in [-0.39, 0.29) is 5.92 Å². The maximum absolute atomic E-state index is 12.6. The summed E-state index contributed by atoms with van der Waals surface area (Å²) < 4.78 is 39.3. The summed E-state index contributed by atoms with van der Waals surface area (Å²) in [6, 6.07) is 1.24. The maximum Gasteiger partial charge on any atom is 0.435 e. The van der Waals surface area contributed by atoms with E-state index in [1.807, 2.05) is 6.92 Å². The summed E-state index contributed by atoms with van der Waals surface area (Å²) in [6.45, 7) is 2.33. The summed E-state index contributed by atoms with van der Waals surface area (Å²) in [6.07, 6.45) is 1.07. The van der Waals surface area contributed by atoms with Crippen LogP contribution in [0.1, 0.15) is 56.3 Å². The van der Waals surface area contributed by atoms with Gasteiger partial charge < -0.3 is 0 Å². The van der Waals surface area contributed by atoms with Crippen molar-refractivity contribution in [2.75, 3.05) is 0 Å². The van der Waals surface area contributed by atoms with Gasteiger partial charge in [0.1, 0.15) is 0 Å². The van der Waals surface area contributed by atoms with Crippen molar-refractivity contribution in [2.24, 2.45) is 0 Å². The van der Waals surface area contributed by atoms with Crippen molar-refractivity contribution in [3.63, 3.8) is 0 Å². The van der Waals surface area contributed by atoms with Gasteiger partial charge in [0.05, 0.1) is 0 Å². The third kappa shape index (κ3) is 2.64. The van der Waals surface area contributed by atoms with Crippen LogP contribution in [0.25, 0.3) is 0 Å². The molecule has 0 saturated heterocycles. The first-order valence-electron chi connectivity index (χ1n) is 6.17. The second kappa shape index (κ2) is 4.70. The van der Waals surface area contributed by atoms with Gasteiger partial charge in [-0.15, -0.1) is 0 Å². The predicted octanol–water partition coefficient (Wildman–Crippen LogP) is 3.97. The number of hydrogen-bond acceptors (Lipinski definition) is 1. The highest BCUT2D eigenvalue weighted by molar-refractivity contribution is 5.17. The molecule has 1 aliphatic carbocycles. The van der Waals surface area contributed by atoms with E-state index in [9.17, 15) is 13.2 Å². The molecule has 2 nitrogen and oxygen atoms in total. The third-order valence-electron chi connectivity index (χ3n) is 3.42. The Morgan fingerprint density at radius 2 is 1.94 bits per heavy atom. The third-order valence-corrected chi connectivity index (χ3v) is 3.42. The van der Waals surface area contributed by atoms with Crippen LogP contribution in [0.15, 0.2) is 6.07 Å². The minimum atomic E-state index is -4.33. The molecule has 1 fully saturated rings. The maximum atomic E-state index is 12.6. The Kier molecular flexibility index (Phi) is 3.45. The Labute approximate surface area is 98.8 Å². The second-order valence-corrected chi connectivity index (χ2v) is 4.60. The molecule has 0 amide bonds. The summed E-state index contributed by atoms with van der Waals surface area (Å²) in [5, 5.41) is 3.67. The lowest BCUT2D eigenvalue weighted by Crippen LogP contribution is -2.11. The van der Waals surface area contributed by atoms with E-state index < -0.39 is 11.9 Å². The van der Waals surface area contributed by atoms with Crippen molar-refractivity contribution in [3.8, 4) is 0 Å². The summed E-state index contributed by atoms with van der Waals surface area (Å²) >= 11 is 0. The van der Waals surface area contributed by atoms with Gasteiger partial charge in [-0.2, -0.15) is 18.3 Å². The Balaban J connectivity index is 2.28. The number of halogens is 3. The zero-order chi connectivity index (χ0) is 12.5. The fraction of sp³-hybridized carbons (Fsp3) is 0.750. The molecule has 5 heteroatoms. The predicted molar refractivity (Wildman–Crippen MR) is 58.7 cm³/mol. The van der Waals surface area contributed by atoms with E-state index in [1.54, 1.807) is 0 Å². The number of hydrogen-bond donors (Lipinski definition) is 0. The van der Waals surface area contributed by atoms with Crippen molar-refractivity contribution in [1.29, 1.82) is 0 Å². The number of nitrogens with zero attached hydrogens (tertiary/aromatic N) is 2. The fourth-order valence-electron chi connectivity index (χ4n) is 2.55. The molecule has 0 N–H and O–H groups in total. The summed E-state index contributed by atoms with van der Waals surface area (Å²) in [4.78, 5) is 0. The number of aryl methyl sites for hydroxylation is 1. The Bertz CT molecular complexity index is 376. The van der Waals surface area contributed by atoms with Crippen LogP contribution in [-0.2, 0) is 12.7 Å². The van der Waals surface area contributed by atoms with E-state index >= 15 is 0 Å². The van der Waals surface area contributed by atoms with Gasteiger partial charge in [0.15, 0.2) is 5.69 Å². The van der Waals surface area contributed by atoms with Gasteiger partial charge in [-0.1, -0.05) is 19.3 Å². The smallest absolute Gasteiger partial charge is 0.269 e. The molecule has 2 rings (SSSR count). The normalized spacial score (nSPS) is 18.6. The lowest BCUT2D eigenvalue weighted by Gasteiger charge is -2.22. The highest BCUT2D eigenvalue weighted by atomic mass is 19.4. The monoisotopic (exact) mass is 246 g/mol. The van der Waals surface area contributed by atoms with Gasteiger partial charge in [0, 0.05) is 18.2 Å². The summed E-state index contributed by atoms with van der Waals surface area (Å²) in [5.74, 6) is 0.257. The molecule has 0 bridgehead atoms. The highest BCUT2D eigenvalue weighted by Crippen LogP contribution is 2.36. The molecule has 0 unspecified atom stereocenters. The van der Waals surface area contributed by atoms with Crippen molar-refractivity contribution in [3.05, 3.63) is 17.5 Å². The van der Waals surface area contributed by atoms with Gasteiger partial charge in [-0.3, -0.25) is 4.68 Å². The molecule has 0 aromatic carbocycles. The molecule has 17 heavy (non-hydrogen) atoms. The molecular weight excluding hydrogens is 229 g/mol. The van der Waals surface area contributed by atoms with Crippen LogP contribution in [0.4, 0.5) is 13.2 Å². The Hall–Kier alpha value is -1.00. The van der Waals surface area contributed by atoms with Crippen molar-refractivity contribution < 1.29 is 13.2 Å². The largest absolute Gasteiger partial charge is 0.435 e. The Morgan fingerprint density at radius 3 is 2.47 bits per heavy atom. The fourth-order valence-corrected chi connectivity index (χ4v) is 2.55. The molecule has 1 aromatic rings. The number of alkyl halides is 3. The van der Waals surface area contributed by atoms with Crippen LogP contribution in [0, 0.1) is 0 Å². The average Bonchev–Trinajstić information content (AvgIpc) is 2.73. The minimum absolute atomic E-state index is 0.257. The van der Waals surface area contributed by atoms with Crippen LogP contribution >= 0.6 is 0 Å². The van der Waals surface area contributed by atoms with Crippen molar-refractivity contribution in [1.82, 2.24) is 9.78 Å². The molecule has 1 aliphatic rings. The van der Waals surface area contributed by atoms with Crippen LogP contribution in [0.2, 0.25) is 0 Å². The standard InChI is InChI=1S/C12H17F3N2/c1-2-17-10(9-6-4-3-5-7-9)8-11(16-17)12(13,14)15/h8-9H,2-7H2,1H3. The summed E-state index contributed by atoms with van der Waals surface area (Å²) in [7, 11) is 0. The SMILES string of the molecule is CCn1nc(C(F)(F)F)cc1C1CCCCC1. The van der Waals surface area contributed by atoms with Crippen LogP contribution in [0.3, 0.4) is 0 Å². The van der Waals surface area contributed by atoms with Gasteiger partial charge >= 0.3 is 6.18 Å². The first-order chi connectivity index (χ1) is 8.02. The molecule has 96 valence electrons. The van der Waals surface area contributed by atoms with Gasteiger partial charge in [0.25, 0.3) is 0 Å². The number of aromatic nitrogens is 2. The second-order valence-electron chi connectivity index (χ2n) is 4.60. The summed E-state index contributed by atoms with van der Waals surface area (Å²) in [5.41, 5.74) is 0.0134. The van der Waals surface area contributed by atoms with E-state index in [1.165, 1.54) is 17.2 Å². The minimum Gasteiger partial charge on any atom is -0.269 e. The first kappa shape index (κ1) is 12.5. The van der Waals surface area contributed by atoms with E-state index in [2.05, 4.69) is 5.10 Å². The first-order valence-corrected chi connectivity index (χ1v) is 6.17.